The van der Waals surface area contributed by atoms with Crippen LogP contribution in [0.4, 0.5) is 0 Å². The summed E-state index contributed by atoms with van der Waals surface area (Å²) in [5.41, 5.74) is 0. The standard InChI is InChI=1S/C12H8Cl2O9S3/c13-9-3-1-7(5-11(9)24(15,16)17)23-26(21,22)8-2-4-10(14)12(6-8)25(18,19)20/h1-6H,(H,15,16,17)(H,18,19,20). The molecule has 26 heavy (non-hydrogen) atoms. The molecule has 14 heteroatoms. The number of benzene rings is 2. The van der Waals surface area contributed by atoms with E-state index in [1.807, 2.05) is 0 Å². The molecular formula is C12H8Cl2O9S3. The Morgan fingerprint density at radius 2 is 1.19 bits per heavy atom. The lowest BCUT2D eigenvalue weighted by atomic mass is 10.3. The zero-order valence-electron chi connectivity index (χ0n) is 12.2. The normalized spacial score (nSPS) is 12.8. The fourth-order valence-corrected chi connectivity index (χ4v) is 4.76. The number of rotatable bonds is 5. The quantitative estimate of drug-likeness (QED) is 0.502. The van der Waals surface area contributed by atoms with Crippen LogP contribution in [-0.4, -0.2) is 34.4 Å². The Bertz CT molecular complexity index is 1190. The molecule has 0 fully saturated rings. The van der Waals surface area contributed by atoms with Crippen LogP contribution in [0.15, 0.2) is 51.1 Å². The summed E-state index contributed by atoms with van der Waals surface area (Å²) >= 11 is 11.2. The number of halogens is 2. The highest BCUT2D eigenvalue weighted by atomic mass is 35.5. The number of hydrogen-bond acceptors (Lipinski definition) is 7. The van der Waals surface area contributed by atoms with Crippen LogP contribution in [-0.2, 0) is 30.4 Å². The van der Waals surface area contributed by atoms with E-state index in [1.165, 1.54) is 0 Å². The molecule has 2 N–H and O–H groups in total. The van der Waals surface area contributed by atoms with Crippen molar-refractivity contribution in [2.75, 3.05) is 0 Å². The van der Waals surface area contributed by atoms with Gasteiger partial charge in [-0.25, -0.2) is 0 Å². The first kappa shape index (κ1) is 20.9. The van der Waals surface area contributed by atoms with Crippen molar-refractivity contribution in [3.8, 4) is 5.75 Å². The molecule has 0 heterocycles. The van der Waals surface area contributed by atoms with Crippen molar-refractivity contribution in [1.29, 1.82) is 0 Å². The molecule has 0 unspecified atom stereocenters. The van der Waals surface area contributed by atoms with Gasteiger partial charge in [-0.05, 0) is 30.3 Å². The zero-order chi connectivity index (χ0) is 19.9. The van der Waals surface area contributed by atoms with Crippen LogP contribution in [0.5, 0.6) is 5.75 Å². The van der Waals surface area contributed by atoms with Crippen molar-refractivity contribution in [2.24, 2.45) is 0 Å². The second kappa shape index (κ2) is 6.96. The first-order chi connectivity index (χ1) is 11.7. The fourth-order valence-electron chi connectivity index (χ4n) is 1.74. The molecule has 0 radical (unpaired) electrons. The summed E-state index contributed by atoms with van der Waals surface area (Å²) in [4.78, 5) is -2.34. The molecule has 2 aromatic rings. The maximum Gasteiger partial charge on any atom is 0.339 e. The van der Waals surface area contributed by atoms with Gasteiger partial charge in [-0.1, -0.05) is 23.2 Å². The Kier molecular flexibility index (Phi) is 5.59. The van der Waals surface area contributed by atoms with Crippen LogP contribution in [0.3, 0.4) is 0 Å². The fraction of sp³-hybridized carbons (Fsp3) is 0. The minimum Gasteiger partial charge on any atom is -0.379 e. The maximum absolute atomic E-state index is 12.3. The minimum absolute atomic E-state index is 0.377. The molecule has 0 amide bonds. The molecular weight excluding hydrogens is 455 g/mol. The van der Waals surface area contributed by atoms with Crippen LogP contribution in [0.2, 0.25) is 10.0 Å². The molecule has 0 aliphatic rings. The Morgan fingerprint density at radius 3 is 1.69 bits per heavy atom. The Hall–Kier alpha value is -1.41. The summed E-state index contributed by atoms with van der Waals surface area (Å²) in [6, 6.07) is 5.02. The van der Waals surface area contributed by atoms with Gasteiger partial charge in [-0.2, -0.15) is 25.3 Å². The third-order valence-corrected chi connectivity index (χ3v) is 6.77. The Labute approximate surface area is 158 Å². The largest absolute Gasteiger partial charge is 0.379 e. The highest BCUT2D eigenvalue weighted by Crippen LogP contribution is 2.29. The van der Waals surface area contributed by atoms with E-state index in [0.717, 1.165) is 24.3 Å². The highest BCUT2D eigenvalue weighted by Gasteiger charge is 2.24. The van der Waals surface area contributed by atoms with Gasteiger partial charge < -0.3 is 4.18 Å². The lowest BCUT2D eigenvalue weighted by Crippen LogP contribution is -2.11. The third kappa shape index (κ3) is 4.65. The molecule has 0 bridgehead atoms. The molecule has 0 spiro atoms. The van der Waals surface area contributed by atoms with E-state index < -0.39 is 55.8 Å². The van der Waals surface area contributed by atoms with E-state index in [0.29, 0.717) is 12.1 Å². The first-order valence-corrected chi connectivity index (χ1v) is 11.2. The van der Waals surface area contributed by atoms with Gasteiger partial charge in [0, 0.05) is 6.07 Å². The Balaban J connectivity index is 2.51. The summed E-state index contributed by atoms with van der Waals surface area (Å²) in [5, 5.41) is -0.802. The van der Waals surface area contributed by atoms with Gasteiger partial charge in [0.05, 0.1) is 10.0 Å². The van der Waals surface area contributed by atoms with Gasteiger partial charge in [0.1, 0.15) is 20.4 Å². The minimum atomic E-state index is -4.80. The molecule has 0 atom stereocenters. The summed E-state index contributed by atoms with van der Waals surface area (Å²) in [5.74, 6) is -0.523. The van der Waals surface area contributed by atoms with E-state index in [2.05, 4.69) is 0 Å². The summed E-state index contributed by atoms with van der Waals surface area (Å²) in [7, 11) is -14.2. The van der Waals surface area contributed by atoms with Gasteiger partial charge >= 0.3 is 10.1 Å². The molecule has 9 nitrogen and oxygen atoms in total. The summed E-state index contributed by atoms with van der Waals surface area (Å²) < 4.78 is 92.1. The zero-order valence-corrected chi connectivity index (χ0v) is 16.2. The van der Waals surface area contributed by atoms with Crippen LogP contribution in [0.1, 0.15) is 0 Å². The average Bonchev–Trinajstić information content (AvgIpc) is 2.47. The maximum atomic E-state index is 12.3. The predicted molar refractivity (Wildman–Crippen MR) is 90.3 cm³/mol. The Morgan fingerprint density at radius 1 is 0.731 bits per heavy atom. The van der Waals surface area contributed by atoms with Crippen molar-refractivity contribution in [3.63, 3.8) is 0 Å². The average molecular weight is 463 g/mol. The second-order valence-corrected chi connectivity index (χ2v) is 9.81. The van der Waals surface area contributed by atoms with E-state index in [1.54, 1.807) is 0 Å². The van der Waals surface area contributed by atoms with Crippen molar-refractivity contribution in [1.82, 2.24) is 0 Å². The van der Waals surface area contributed by atoms with E-state index in [9.17, 15) is 25.3 Å². The molecule has 0 aromatic heterocycles. The lowest BCUT2D eigenvalue weighted by Gasteiger charge is -2.10. The summed E-state index contributed by atoms with van der Waals surface area (Å²) in [6.07, 6.45) is 0. The van der Waals surface area contributed by atoms with Gasteiger partial charge in [0.15, 0.2) is 0 Å². The SMILES string of the molecule is O=S(=O)(O)c1cc(OS(=O)(=O)c2ccc(Cl)c(S(=O)(=O)O)c2)ccc1Cl. The molecule has 0 saturated heterocycles. The van der Waals surface area contributed by atoms with E-state index in [4.69, 9.17) is 36.5 Å². The van der Waals surface area contributed by atoms with Crippen LogP contribution in [0, 0.1) is 0 Å². The molecule has 2 rings (SSSR count). The van der Waals surface area contributed by atoms with Crippen LogP contribution >= 0.6 is 23.2 Å². The molecule has 0 aliphatic carbocycles. The van der Waals surface area contributed by atoms with Crippen LogP contribution in [0.25, 0.3) is 0 Å². The number of hydrogen-bond donors (Lipinski definition) is 2. The van der Waals surface area contributed by atoms with Crippen molar-refractivity contribution < 1.29 is 38.5 Å². The molecule has 0 saturated carbocycles. The van der Waals surface area contributed by atoms with Gasteiger partial charge in [0.2, 0.25) is 0 Å². The summed E-state index contributed by atoms with van der Waals surface area (Å²) in [6.45, 7) is 0. The monoisotopic (exact) mass is 462 g/mol. The molecule has 2 aromatic carbocycles. The van der Waals surface area contributed by atoms with Crippen molar-refractivity contribution in [2.45, 2.75) is 14.7 Å². The van der Waals surface area contributed by atoms with E-state index in [-0.39, 0.29) is 5.02 Å². The van der Waals surface area contributed by atoms with Crippen LogP contribution < -0.4 is 4.18 Å². The third-order valence-electron chi connectivity index (χ3n) is 2.86. The molecule has 142 valence electrons. The topological polar surface area (TPSA) is 152 Å². The van der Waals surface area contributed by atoms with Gasteiger partial charge in [-0.3, -0.25) is 9.11 Å². The molecule has 0 aliphatic heterocycles. The van der Waals surface area contributed by atoms with Crippen molar-refractivity contribution >= 4 is 53.6 Å². The van der Waals surface area contributed by atoms with Crippen molar-refractivity contribution in [3.05, 3.63) is 46.4 Å². The second-order valence-electron chi connectivity index (χ2n) is 4.67. The van der Waals surface area contributed by atoms with Gasteiger partial charge in [-0.15, -0.1) is 0 Å². The highest BCUT2D eigenvalue weighted by molar-refractivity contribution is 7.87. The smallest absolute Gasteiger partial charge is 0.339 e. The predicted octanol–water partition coefficient (Wildman–Crippen LogP) is 2.25. The van der Waals surface area contributed by atoms with E-state index >= 15 is 0 Å². The lowest BCUT2D eigenvalue weighted by molar-refractivity contribution is 0.474. The first-order valence-electron chi connectivity index (χ1n) is 6.20. The van der Waals surface area contributed by atoms with Gasteiger partial charge in [0.25, 0.3) is 20.2 Å².